The van der Waals surface area contributed by atoms with Crippen LogP contribution in [0.4, 0.5) is 5.69 Å². The highest BCUT2D eigenvalue weighted by Crippen LogP contribution is 2.43. The van der Waals surface area contributed by atoms with Crippen LogP contribution in [0.15, 0.2) is 47.4 Å². The molecule has 0 amide bonds. The summed E-state index contributed by atoms with van der Waals surface area (Å²) in [5.41, 5.74) is 1.96. The SMILES string of the molecule is CC.CC(=S)c1cc(SOON)c(Oc2ccccc2)c(N2CCCC2)c1. The average molecular weight is 407 g/mol. The third kappa shape index (κ3) is 5.92. The van der Waals surface area contributed by atoms with Crippen molar-refractivity contribution >= 4 is 34.8 Å². The zero-order valence-electron chi connectivity index (χ0n) is 15.9. The summed E-state index contributed by atoms with van der Waals surface area (Å²) in [7, 11) is 0. The van der Waals surface area contributed by atoms with E-state index in [1.807, 2.05) is 57.2 Å². The van der Waals surface area contributed by atoms with E-state index < -0.39 is 0 Å². The number of benzene rings is 2. The van der Waals surface area contributed by atoms with E-state index in [2.05, 4.69) is 16.0 Å². The Morgan fingerprint density at radius 2 is 1.78 bits per heavy atom. The molecular formula is C20H26N2O3S2. The lowest BCUT2D eigenvalue weighted by Crippen LogP contribution is -2.19. The van der Waals surface area contributed by atoms with Gasteiger partial charge < -0.3 is 9.64 Å². The highest BCUT2D eigenvalue weighted by atomic mass is 32.2. The summed E-state index contributed by atoms with van der Waals surface area (Å²) in [6.45, 7) is 7.89. The maximum absolute atomic E-state index is 6.20. The van der Waals surface area contributed by atoms with Gasteiger partial charge in [0.25, 0.3) is 0 Å². The zero-order valence-corrected chi connectivity index (χ0v) is 17.6. The maximum Gasteiger partial charge on any atom is 0.166 e. The van der Waals surface area contributed by atoms with Gasteiger partial charge in [0.15, 0.2) is 5.75 Å². The summed E-state index contributed by atoms with van der Waals surface area (Å²) in [6, 6.07) is 13.7. The number of hydrogen-bond acceptors (Lipinski definition) is 7. The van der Waals surface area contributed by atoms with Crippen LogP contribution < -0.4 is 15.5 Å². The zero-order chi connectivity index (χ0) is 19.6. The molecule has 2 N–H and O–H groups in total. The van der Waals surface area contributed by atoms with Crippen LogP contribution in [-0.4, -0.2) is 18.0 Å². The number of nitrogens with zero attached hydrogens (tertiary/aromatic N) is 1. The topological polar surface area (TPSA) is 57.0 Å². The van der Waals surface area contributed by atoms with Gasteiger partial charge in [-0.2, -0.15) is 5.90 Å². The number of para-hydroxylation sites is 1. The molecule has 3 rings (SSSR count). The monoisotopic (exact) mass is 406 g/mol. The standard InChI is InChI=1S/C18H20N2O3S2.C2H6/c1-13(24)14-11-16(20-9-5-6-10-20)18(17(12-14)25-23-22-19)21-15-7-3-2-4-8-15;1-2/h2-4,7-8,11-12H,5-6,9-10,19H2,1H3;1-2H3. The van der Waals surface area contributed by atoms with E-state index in [1.165, 1.54) is 0 Å². The second-order valence-electron chi connectivity index (χ2n) is 5.74. The van der Waals surface area contributed by atoms with Gasteiger partial charge in [-0.05, 0) is 49.6 Å². The quantitative estimate of drug-likeness (QED) is 0.209. The van der Waals surface area contributed by atoms with E-state index in [4.69, 9.17) is 27.2 Å². The van der Waals surface area contributed by atoms with Crippen LogP contribution in [0, 0.1) is 0 Å². The molecule has 0 aromatic heterocycles. The number of anilines is 1. The summed E-state index contributed by atoms with van der Waals surface area (Å²) < 4.78 is 11.1. The third-order valence-electron chi connectivity index (χ3n) is 4.01. The molecule has 1 saturated heterocycles. The van der Waals surface area contributed by atoms with Crippen LogP contribution in [0.3, 0.4) is 0 Å². The van der Waals surface area contributed by atoms with Crippen molar-refractivity contribution < 1.29 is 14.1 Å². The number of hydrogen-bond donors (Lipinski definition) is 1. The maximum atomic E-state index is 6.20. The highest BCUT2D eigenvalue weighted by molar-refractivity contribution is 7.94. The lowest BCUT2D eigenvalue weighted by molar-refractivity contribution is -0.195. The highest BCUT2D eigenvalue weighted by Gasteiger charge is 2.22. The van der Waals surface area contributed by atoms with Crippen LogP contribution in [-0.2, 0) is 9.32 Å². The summed E-state index contributed by atoms with van der Waals surface area (Å²) in [5, 5.41) is 0. The molecule has 1 fully saturated rings. The molecule has 7 heteroatoms. The molecule has 1 heterocycles. The molecule has 27 heavy (non-hydrogen) atoms. The number of rotatable bonds is 7. The van der Waals surface area contributed by atoms with Crippen molar-refractivity contribution in [3.8, 4) is 11.5 Å². The molecule has 0 radical (unpaired) electrons. The molecule has 146 valence electrons. The minimum atomic E-state index is 0.718. The van der Waals surface area contributed by atoms with Crippen molar-refractivity contribution in [3.63, 3.8) is 0 Å². The lowest BCUT2D eigenvalue weighted by atomic mass is 10.1. The molecule has 0 unspecified atom stereocenters. The van der Waals surface area contributed by atoms with Crippen LogP contribution in [0.1, 0.15) is 39.2 Å². The fourth-order valence-electron chi connectivity index (χ4n) is 2.81. The molecule has 5 nitrogen and oxygen atoms in total. The van der Waals surface area contributed by atoms with Gasteiger partial charge in [-0.3, -0.25) is 0 Å². The Morgan fingerprint density at radius 1 is 1.11 bits per heavy atom. The molecule has 1 aliphatic rings. The van der Waals surface area contributed by atoms with Crippen molar-refractivity contribution in [3.05, 3.63) is 48.0 Å². The Bertz CT molecular complexity index is 736. The number of thiocarbonyl (C=S) groups is 1. The normalized spacial score (nSPS) is 13.1. The predicted molar refractivity (Wildman–Crippen MR) is 115 cm³/mol. The number of ether oxygens (including phenoxy) is 1. The summed E-state index contributed by atoms with van der Waals surface area (Å²) in [4.78, 5) is 8.16. The van der Waals surface area contributed by atoms with Gasteiger partial charge in [0.05, 0.1) is 22.6 Å². The second-order valence-corrected chi connectivity index (χ2v) is 7.09. The first-order valence-electron chi connectivity index (χ1n) is 9.06. The molecule has 2 aromatic rings. The van der Waals surface area contributed by atoms with Crippen LogP contribution in [0.25, 0.3) is 0 Å². The first kappa shape index (κ1) is 21.7. The fraction of sp³-hybridized carbons (Fsp3) is 0.350. The first-order chi connectivity index (χ1) is 13.2. The fourth-order valence-corrected chi connectivity index (χ4v) is 3.44. The molecule has 0 saturated carbocycles. The van der Waals surface area contributed by atoms with E-state index >= 15 is 0 Å². The van der Waals surface area contributed by atoms with Crippen LogP contribution >= 0.6 is 24.3 Å². The average Bonchev–Trinajstić information content (AvgIpc) is 3.24. The van der Waals surface area contributed by atoms with Crippen LogP contribution in [0.5, 0.6) is 11.5 Å². The van der Waals surface area contributed by atoms with E-state index in [0.717, 1.165) is 70.5 Å². The van der Waals surface area contributed by atoms with E-state index in [-0.39, 0.29) is 0 Å². The Labute approximate surface area is 170 Å². The Kier molecular flexibility index (Phi) is 9.03. The van der Waals surface area contributed by atoms with Gasteiger partial charge in [-0.15, -0.1) is 9.32 Å². The summed E-state index contributed by atoms with van der Waals surface area (Å²) in [5.74, 6) is 6.49. The summed E-state index contributed by atoms with van der Waals surface area (Å²) >= 11 is 6.39. The molecule has 2 aromatic carbocycles. The molecular weight excluding hydrogens is 380 g/mol. The molecule has 0 atom stereocenters. The van der Waals surface area contributed by atoms with Crippen molar-refractivity contribution in [2.45, 2.75) is 38.5 Å². The Hall–Kier alpha value is -1.64. The van der Waals surface area contributed by atoms with Gasteiger partial charge in [0, 0.05) is 18.0 Å². The molecule has 0 bridgehead atoms. The van der Waals surface area contributed by atoms with Crippen molar-refractivity contribution in [1.82, 2.24) is 0 Å². The Balaban J connectivity index is 0.00000126. The largest absolute Gasteiger partial charge is 0.454 e. The predicted octanol–water partition coefficient (Wildman–Crippen LogP) is 5.67. The first-order valence-corrected chi connectivity index (χ1v) is 10.2. The van der Waals surface area contributed by atoms with Gasteiger partial charge in [0.2, 0.25) is 0 Å². The van der Waals surface area contributed by atoms with Crippen molar-refractivity contribution in [2.75, 3.05) is 18.0 Å². The van der Waals surface area contributed by atoms with Crippen molar-refractivity contribution in [2.24, 2.45) is 5.90 Å². The minimum Gasteiger partial charge on any atom is -0.454 e. The second kappa shape index (κ2) is 11.3. The van der Waals surface area contributed by atoms with Gasteiger partial charge in [0.1, 0.15) is 5.75 Å². The third-order valence-corrected chi connectivity index (χ3v) is 4.88. The molecule has 0 aliphatic carbocycles. The van der Waals surface area contributed by atoms with E-state index in [0.29, 0.717) is 0 Å². The van der Waals surface area contributed by atoms with Crippen LogP contribution in [0.2, 0.25) is 0 Å². The molecule has 0 spiro atoms. The lowest BCUT2D eigenvalue weighted by Gasteiger charge is -2.24. The van der Waals surface area contributed by atoms with Gasteiger partial charge >= 0.3 is 0 Å². The van der Waals surface area contributed by atoms with E-state index in [9.17, 15) is 0 Å². The van der Waals surface area contributed by atoms with Gasteiger partial charge in [-0.25, -0.2) is 0 Å². The molecule has 1 aliphatic heterocycles. The number of nitrogens with two attached hydrogens (primary N) is 1. The Morgan fingerprint density at radius 3 is 2.37 bits per heavy atom. The van der Waals surface area contributed by atoms with E-state index in [1.54, 1.807) is 0 Å². The van der Waals surface area contributed by atoms with Gasteiger partial charge in [-0.1, -0.05) is 44.3 Å². The van der Waals surface area contributed by atoms with Crippen molar-refractivity contribution in [1.29, 1.82) is 0 Å². The summed E-state index contributed by atoms with van der Waals surface area (Å²) in [6.07, 6.45) is 2.33. The smallest absolute Gasteiger partial charge is 0.166 e. The minimum absolute atomic E-state index is 0.718.